The maximum atomic E-state index is 13.4. The van der Waals surface area contributed by atoms with Gasteiger partial charge in [0.2, 0.25) is 15.9 Å². The lowest BCUT2D eigenvalue weighted by Crippen LogP contribution is -2.49. The predicted octanol–water partition coefficient (Wildman–Crippen LogP) is 2.75. The first-order chi connectivity index (χ1) is 14.8. The third-order valence-corrected chi connectivity index (χ3v) is 9.04. The van der Waals surface area contributed by atoms with Gasteiger partial charge in [-0.05, 0) is 48.1 Å². The van der Waals surface area contributed by atoms with Gasteiger partial charge in [0.1, 0.15) is 0 Å². The van der Waals surface area contributed by atoms with Gasteiger partial charge in [0.25, 0.3) is 5.91 Å². The Morgan fingerprint density at radius 2 is 1.84 bits per heavy atom. The van der Waals surface area contributed by atoms with Crippen LogP contribution in [0.5, 0.6) is 0 Å². The maximum absolute atomic E-state index is 13.4. The first-order valence-corrected chi connectivity index (χ1v) is 12.9. The van der Waals surface area contributed by atoms with E-state index in [2.05, 4.69) is 18.4 Å². The van der Waals surface area contributed by atoms with Crippen molar-refractivity contribution in [3.05, 3.63) is 51.7 Å². The van der Waals surface area contributed by atoms with Gasteiger partial charge in [-0.1, -0.05) is 13.0 Å². The number of piperazine rings is 1. The van der Waals surface area contributed by atoms with Gasteiger partial charge in [0.05, 0.1) is 10.9 Å². The first-order valence-electron chi connectivity index (χ1n) is 10.6. The van der Waals surface area contributed by atoms with E-state index in [1.165, 1.54) is 33.8 Å². The van der Waals surface area contributed by atoms with Crippen LogP contribution in [0.25, 0.3) is 0 Å². The lowest BCUT2D eigenvalue weighted by molar-refractivity contribution is -0.129. The number of hydrogen-bond donors (Lipinski definition) is 0. The van der Waals surface area contributed by atoms with E-state index in [1.54, 1.807) is 28.4 Å². The van der Waals surface area contributed by atoms with Crippen molar-refractivity contribution in [3.8, 4) is 0 Å². The van der Waals surface area contributed by atoms with Crippen LogP contribution in [-0.2, 0) is 21.2 Å². The Labute approximate surface area is 187 Å². The molecule has 1 aromatic carbocycles. The van der Waals surface area contributed by atoms with Crippen molar-refractivity contribution in [3.63, 3.8) is 0 Å². The fourth-order valence-electron chi connectivity index (χ4n) is 4.43. The van der Waals surface area contributed by atoms with Gasteiger partial charge in [-0.3, -0.25) is 9.59 Å². The van der Waals surface area contributed by atoms with Crippen LogP contribution in [0.3, 0.4) is 0 Å². The molecule has 0 saturated carbocycles. The molecule has 0 bridgehead atoms. The summed E-state index contributed by atoms with van der Waals surface area (Å²) in [5, 5.41) is 2.07. The molecule has 2 amide bonds. The number of rotatable bonds is 4. The van der Waals surface area contributed by atoms with E-state index in [0.717, 1.165) is 12.8 Å². The summed E-state index contributed by atoms with van der Waals surface area (Å²) in [6.45, 7) is 5.46. The molecule has 1 fully saturated rings. The zero-order valence-corrected chi connectivity index (χ0v) is 19.4. The Hall–Kier alpha value is -2.23. The topological polar surface area (TPSA) is 78.0 Å². The molecule has 31 heavy (non-hydrogen) atoms. The Balaban J connectivity index is 1.56. The van der Waals surface area contributed by atoms with E-state index in [4.69, 9.17) is 0 Å². The number of sulfonamides is 1. The molecule has 3 heterocycles. The van der Waals surface area contributed by atoms with E-state index in [9.17, 15) is 18.0 Å². The summed E-state index contributed by atoms with van der Waals surface area (Å²) in [4.78, 5) is 29.8. The van der Waals surface area contributed by atoms with E-state index < -0.39 is 10.0 Å². The molecule has 4 rings (SSSR count). The molecule has 1 aromatic heterocycles. The monoisotopic (exact) mass is 461 g/mol. The average Bonchev–Trinajstić information content (AvgIpc) is 3.27. The quantitative estimate of drug-likeness (QED) is 0.702. The summed E-state index contributed by atoms with van der Waals surface area (Å²) in [7, 11) is -3.73. The van der Waals surface area contributed by atoms with E-state index in [0.29, 0.717) is 25.2 Å². The average molecular weight is 462 g/mol. The number of hydrogen-bond acceptors (Lipinski definition) is 5. The minimum Gasteiger partial charge on any atom is -0.340 e. The first kappa shape index (κ1) is 22.0. The number of carbonyl (C=O) groups excluding carboxylic acids is 2. The molecule has 1 saturated heterocycles. The zero-order valence-electron chi connectivity index (χ0n) is 17.8. The highest BCUT2D eigenvalue weighted by Crippen LogP contribution is 2.36. The van der Waals surface area contributed by atoms with E-state index in [-0.39, 0.29) is 35.8 Å². The van der Waals surface area contributed by atoms with Crippen molar-refractivity contribution in [2.45, 2.75) is 37.6 Å². The van der Waals surface area contributed by atoms with Gasteiger partial charge >= 0.3 is 0 Å². The molecular weight excluding hydrogens is 434 g/mol. The lowest BCUT2D eigenvalue weighted by Gasteiger charge is -2.36. The third-order valence-electron chi connectivity index (χ3n) is 6.15. The number of benzene rings is 1. The molecule has 0 spiro atoms. The number of amides is 2. The molecule has 0 aliphatic carbocycles. The third kappa shape index (κ3) is 4.14. The van der Waals surface area contributed by atoms with Gasteiger partial charge in [0, 0.05) is 50.1 Å². The molecule has 2 aromatic rings. The molecule has 0 radical (unpaired) electrons. The Morgan fingerprint density at radius 1 is 1.10 bits per heavy atom. The Bertz CT molecular complexity index is 1090. The van der Waals surface area contributed by atoms with E-state index >= 15 is 0 Å². The fraction of sp³-hybridized carbons (Fsp3) is 0.455. The van der Waals surface area contributed by atoms with Crippen molar-refractivity contribution in [1.82, 2.24) is 14.1 Å². The molecule has 2 aliphatic rings. The van der Waals surface area contributed by atoms with Crippen molar-refractivity contribution in [2.75, 3.05) is 32.7 Å². The summed E-state index contributed by atoms with van der Waals surface area (Å²) in [5.74, 6) is -0.187. The highest BCUT2D eigenvalue weighted by atomic mass is 32.2. The molecule has 9 heteroatoms. The molecule has 7 nitrogen and oxygen atoms in total. The standard InChI is InChI=1S/C22H27N3O4S2/c1-3-20-19-8-14-30-21(19)7-9-25(20)22(27)17-5-4-6-18(15-17)31(28,29)24-12-10-23(11-13-24)16(2)26/h4-6,8,14-15,20H,3,7,9-13H2,1-2H3/t20-/m1/s1. The van der Waals surface area contributed by atoms with Crippen LogP contribution < -0.4 is 0 Å². The van der Waals surface area contributed by atoms with Gasteiger partial charge in [-0.15, -0.1) is 11.3 Å². The van der Waals surface area contributed by atoms with Crippen molar-refractivity contribution >= 4 is 33.2 Å². The van der Waals surface area contributed by atoms with Crippen LogP contribution in [0.2, 0.25) is 0 Å². The molecule has 2 aliphatic heterocycles. The number of fused-ring (bicyclic) bond motifs is 1. The minimum atomic E-state index is -3.73. The second kappa shape index (κ2) is 8.72. The van der Waals surface area contributed by atoms with Crippen LogP contribution in [0.4, 0.5) is 0 Å². The van der Waals surface area contributed by atoms with E-state index in [1.807, 2.05) is 4.90 Å². The highest BCUT2D eigenvalue weighted by molar-refractivity contribution is 7.89. The van der Waals surface area contributed by atoms with Crippen molar-refractivity contribution in [1.29, 1.82) is 0 Å². The maximum Gasteiger partial charge on any atom is 0.254 e. The van der Waals surface area contributed by atoms with Gasteiger partial charge < -0.3 is 9.80 Å². The Kier molecular flexibility index (Phi) is 6.18. The molecule has 0 unspecified atom stereocenters. The molecule has 166 valence electrons. The molecule has 0 N–H and O–H groups in total. The second-order valence-corrected chi connectivity index (χ2v) is 10.8. The van der Waals surface area contributed by atoms with Crippen LogP contribution >= 0.6 is 11.3 Å². The lowest BCUT2D eigenvalue weighted by atomic mass is 9.97. The predicted molar refractivity (Wildman–Crippen MR) is 120 cm³/mol. The van der Waals surface area contributed by atoms with Crippen LogP contribution in [0.15, 0.2) is 40.6 Å². The largest absolute Gasteiger partial charge is 0.340 e. The van der Waals surface area contributed by atoms with Crippen molar-refractivity contribution in [2.24, 2.45) is 0 Å². The highest BCUT2D eigenvalue weighted by Gasteiger charge is 2.33. The van der Waals surface area contributed by atoms with Gasteiger partial charge in [-0.2, -0.15) is 4.31 Å². The summed E-state index contributed by atoms with van der Waals surface area (Å²) >= 11 is 1.73. The fourth-order valence-corrected chi connectivity index (χ4v) is 6.82. The second-order valence-electron chi connectivity index (χ2n) is 7.91. The van der Waals surface area contributed by atoms with Gasteiger partial charge in [0.15, 0.2) is 0 Å². The normalized spacial score (nSPS) is 19.9. The minimum absolute atomic E-state index is 0.0161. The number of thiophene rings is 1. The number of carbonyl (C=O) groups is 2. The molecular formula is C22H27N3O4S2. The molecule has 1 atom stereocenters. The summed E-state index contributed by atoms with van der Waals surface area (Å²) in [5.41, 5.74) is 1.60. The van der Waals surface area contributed by atoms with Crippen LogP contribution in [-0.4, -0.2) is 67.1 Å². The summed E-state index contributed by atoms with van der Waals surface area (Å²) < 4.78 is 27.7. The summed E-state index contributed by atoms with van der Waals surface area (Å²) in [6, 6.07) is 8.45. The van der Waals surface area contributed by atoms with Gasteiger partial charge in [-0.25, -0.2) is 8.42 Å². The summed E-state index contributed by atoms with van der Waals surface area (Å²) in [6.07, 6.45) is 1.64. The smallest absolute Gasteiger partial charge is 0.254 e. The van der Waals surface area contributed by atoms with Crippen LogP contribution in [0, 0.1) is 0 Å². The zero-order chi connectivity index (χ0) is 22.2. The SMILES string of the molecule is CC[C@@H]1c2ccsc2CCN1C(=O)c1cccc(S(=O)(=O)N2CCN(C(C)=O)CC2)c1. The number of nitrogens with zero attached hydrogens (tertiary/aromatic N) is 3. The Morgan fingerprint density at radius 3 is 2.52 bits per heavy atom. The van der Waals surface area contributed by atoms with Crippen LogP contribution in [0.1, 0.15) is 47.1 Å². The van der Waals surface area contributed by atoms with Crippen molar-refractivity contribution < 1.29 is 18.0 Å².